The molecule has 6 heterocycles. The zero-order chi connectivity index (χ0) is 32.0. The number of rotatable bonds is 9. The van der Waals surface area contributed by atoms with Gasteiger partial charge in [-0.2, -0.15) is 0 Å². The summed E-state index contributed by atoms with van der Waals surface area (Å²) in [5, 5.41) is 24.0. The van der Waals surface area contributed by atoms with Gasteiger partial charge in [0.05, 0.1) is 12.3 Å². The van der Waals surface area contributed by atoms with Crippen LogP contribution in [0.3, 0.4) is 0 Å². The molecular formula is C37H38N4O5. The van der Waals surface area contributed by atoms with Crippen molar-refractivity contribution >= 4 is 17.6 Å². The van der Waals surface area contributed by atoms with Gasteiger partial charge in [-0.25, -0.2) is 9.97 Å². The summed E-state index contributed by atoms with van der Waals surface area (Å²) in [5.74, 6) is -1.10. The summed E-state index contributed by atoms with van der Waals surface area (Å²) in [6.07, 6.45) is 10.7. The zero-order valence-electron chi connectivity index (χ0n) is 26.1. The second kappa shape index (κ2) is 11.9. The normalized spacial score (nSPS) is 21.8. The Bertz CT molecular complexity index is 1770. The number of piperidine rings is 1. The van der Waals surface area contributed by atoms with E-state index in [1.807, 2.05) is 30.3 Å². The highest BCUT2D eigenvalue weighted by atomic mass is 16.5. The second-order valence-electron chi connectivity index (χ2n) is 12.7. The van der Waals surface area contributed by atoms with Gasteiger partial charge in [0, 0.05) is 41.6 Å². The molecule has 10 rings (SSSR count). The number of nitrogens with zero attached hydrogens (tertiary/aromatic N) is 3. The number of carbonyl (C=O) groups excluding carboxylic acids is 2. The number of aromatic hydroxyl groups is 1. The lowest BCUT2D eigenvalue weighted by Crippen LogP contribution is -2.50. The van der Waals surface area contributed by atoms with E-state index in [1.165, 1.54) is 11.1 Å². The number of aliphatic hydroxyl groups excluding tert-OH is 1. The zero-order valence-corrected chi connectivity index (χ0v) is 26.1. The van der Waals surface area contributed by atoms with Gasteiger partial charge in [-0.3, -0.25) is 9.59 Å². The van der Waals surface area contributed by atoms with Gasteiger partial charge in [-0.05, 0) is 54.0 Å². The monoisotopic (exact) mass is 618 g/mol. The Morgan fingerprint density at radius 1 is 1.07 bits per heavy atom. The van der Waals surface area contributed by atoms with Gasteiger partial charge < -0.3 is 25.2 Å². The number of aromatic nitrogens is 2. The summed E-state index contributed by atoms with van der Waals surface area (Å²) in [6.45, 7) is 5.22. The van der Waals surface area contributed by atoms with Crippen molar-refractivity contribution in [2.24, 2.45) is 11.8 Å². The molecule has 1 aromatic heterocycles. The van der Waals surface area contributed by atoms with Crippen LogP contribution in [0.4, 0.5) is 5.69 Å². The molecule has 236 valence electrons. The van der Waals surface area contributed by atoms with Gasteiger partial charge in [-0.15, -0.1) is 0 Å². The Morgan fingerprint density at radius 3 is 2.46 bits per heavy atom. The molecule has 2 aromatic carbocycles. The van der Waals surface area contributed by atoms with Crippen LogP contribution in [0.1, 0.15) is 64.4 Å². The third-order valence-electron chi connectivity index (χ3n) is 10.4. The standard InChI is InChI=1S/C37H38N4O5/c1-22(35-39-23(2)34(44)33(40-35)36(45)38-19-31(43)46-21-24-6-4-3-5-7-24)37(32-25-8-9-26(32)11-10-25)28-14-16-41(17-15-28)30-13-12-29(37)18-27(30)20-42/h3-13,18,22,28,32,42,44H,14-17,19-21H2,1-2H3,(H,38,45). The number of aliphatic hydroxyl groups is 1. The van der Waals surface area contributed by atoms with Crippen molar-refractivity contribution in [3.63, 3.8) is 0 Å². The van der Waals surface area contributed by atoms with Crippen LogP contribution in [0.25, 0.3) is 0 Å². The van der Waals surface area contributed by atoms with E-state index in [-0.39, 0.29) is 49.0 Å². The summed E-state index contributed by atoms with van der Waals surface area (Å²) in [7, 11) is 0. The van der Waals surface area contributed by atoms with Crippen molar-refractivity contribution in [1.82, 2.24) is 15.3 Å². The third kappa shape index (κ3) is 4.90. The molecule has 0 spiro atoms. The molecule has 5 aliphatic heterocycles. The Balaban J connectivity index is 1.24. The Labute approximate surface area is 268 Å². The number of aryl methyl sites for hydroxylation is 1. The first-order chi connectivity index (χ1) is 22.3. The molecule has 1 saturated heterocycles. The minimum atomic E-state index is -0.676. The lowest BCUT2D eigenvalue weighted by Gasteiger charge is -2.51. The highest BCUT2D eigenvalue weighted by molar-refractivity contribution is 5.96. The van der Waals surface area contributed by atoms with Crippen LogP contribution in [-0.2, 0) is 28.2 Å². The fourth-order valence-corrected chi connectivity index (χ4v) is 8.18. The first-order valence-corrected chi connectivity index (χ1v) is 16.0. The molecule has 0 saturated carbocycles. The minimum absolute atomic E-state index is 0.0592. The van der Waals surface area contributed by atoms with Crippen LogP contribution in [0.5, 0.6) is 5.75 Å². The van der Waals surface area contributed by atoms with E-state index in [0.29, 0.717) is 11.5 Å². The number of hydrogen-bond donors (Lipinski definition) is 3. The number of hydrogen-bond acceptors (Lipinski definition) is 8. The van der Waals surface area contributed by atoms with Gasteiger partial charge in [0.15, 0.2) is 11.4 Å². The fraction of sp³-hybridized carbons (Fsp3) is 0.351. The van der Waals surface area contributed by atoms with E-state index in [1.54, 1.807) is 6.92 Å². The Kier molecular flexibility index (Phi) is 7.72. The predicted octanol–water partition coefficient (Wildman–Crippen LogP) is 4.78. The average molecular weight is 619 g/mol. The molecule has 2 atom stereocenters. The van der Waals surface area contributed by atoms with Crippen LogP contribution in [-0.4, -0.2) is 51.7 Å². The molecule has 3 aromatic rings. The molecule has 2 unspecified atom stereocenters. The van der Waals surface area contributed by atoms with Crippen LogP contribution in [0, 0.1) is 18.8 Å². The Hall–Kier alpha value is -4.76. The summed E-state index contributed by atoms with van der Waals surface area (Å²) in [4.78, 5) is 37.8. The van der Waals surface area contributed by atoms with E-state index < -0.39 is 17.3 Å². The molecule has 3 N–H and O–H groups in total. The highest BCUT2D eigenvalue weighted by Gasteiger charge is 2.56. The van der Waals surface area contributed by atoms with E-state index >= 15 is 0 Å². The van der Waals surface area contributed by atoms with E-state index in [9.17, 15) is 19.8 Å². The average Bonchev–Trinajstić information content (AvgIpc) is 3.72. The molecule has 0 radical (unpaired) electrons. The first-order valence-electron chi connectivity index (χ1n) is 16.0. The van der Waals surface area contributed by atoms with Crippen molar-refractivity contribution < 1.29 is 24.5 Å². The quantitative estimate of drug-likeness (QED) is 0.293. The smallest absolute Gasteiger partial charge is 0.325 e. The van der Waals surface area contributed by atoms with Crippen molar-refractivity contribution in [3.05, 3.63) is 118 Å². The van der Waals surface area contributed by atoms with Crippen molar-refractivity contribution in [3.8, 4) is 5.75 Å². The molecule has 9 nitrogen and oxygen atoms in total. The lowest BCUT2D eigenvalue weighted by atomic mass is 9.52. The number of ether oxygens (including phenoxy) is 1. The number of carbonyl (C=O) groups is 2. The van der Waals surface area contributed by atoms with Gasteiger partial charge >= 0.3 is 5.97 Å². The summed E-state index contributed by atoms with van der Waals surface area (Å²) >= 11 is 0. The summed E-state index contributed by atoms with van der Waals surface area (Å²) in [5.41, 5.74) is 6.05. The van der Waals surface area contributed by atoms with E-state index in [4.69, 9.17) is 14.7 Å². The topological polar surface area (TPSA) is 125 Å². The van der Waals surface area contributed by atoms with Crippen LogP contribution in [0.15, 0.2) is 84.0 Å². The highest BCUT2D eigenvalue weighted by Crippen LogP contribution is 2.61. The second-order valence-corrected chi connectivity index (χ2v) is 12.7. The van der Waals surface area contributed by atoms with Gasteiger partial charge in [0.25, 0.3) is 5.91 Å². The summed E-state index contributed by atoms with van der Waals surface area (Å²) < 4.78 is 5.31. The number of esters is 1. The molecule has 9 heteroatoms. The van der Waals surface area contributed by atoms with Gasteiger partial charge in [0.1, 0.15) is 19.0 Å². The van der Waals surface area contributed by atoms with E-state index in [2.05, 4.69) is 59.6 Å². The first kappa shape index (κ1) is 29.9. The van der Waals surface area contributed by atoms with Crippen LogP contribution < -0.4 is 10.2 Å². The largest absolute Gasteiger partial charge is 0.504 e. The maximum Gasteiger partial charge on any atom is 0.325 e. The molecule has 7 aliphatic rings. The van der Waals surface area contributed by atoms with Crippen molar-refractivity contribution in [1.29, 1.82) is 0 Å². The van der Waals surface area contributed by atoms with Crippen molar-refractivity contribution in [2.45, 2.75) is 51.2 Å². The van der Waals surface area contributed by atoms with Gasteiger partial charge in [0.2, 0.25) is 0 Å². The lowest BCUT2D eigenvalue weighted by molar-refractivity contribution is -0.143. The molecule has 6 bridgehead atoms. The third-order valence-corrected chi connectivity index (χ3v) is 10.4. The number of anilines is 1. The maximum atomic E-state index is 13.4. The SMILES string of the molecule is Cc1nc(C(C)C2(C3C4=CC=C3C=C4)c3ccc(c(CO)c3)N3CCC2CC3)nc(C(=O)NCC(=O)OCc2ccccc2)c1O. The van der Waals surface area contributed by atoms with Crippen LogP contribution >= 0.6 is 0 Å². The Morgan fingerprint density at radius 2 is 1.78 bits per heavy atom. The minimum Gasteiger partial charge on any atom is -0.504 e. The van der Waals surface area contributed by atoms with Crippen molar-refractivity contribution in [2.75, 3.05) is 24.5 Å². The van der Waals surface area contributed by atoms with Gasteiger partial charge in [-0.1, -0.05) is 73.7 Å². The number of allylic oxidation sites excluding steroid dienone is 6. The van der Waals surface area contributed by atoms with Crippen LogP contribution in [0.2, 0.25) is 0 Å². The number of amides is 1. The number of fused-ring (bicyclic) bond motifs is 2. The maximum absolute atomic E-state index is 13.4. The molecule has 46 heavy (non-hydrogen) atoms. The molecule has 1 fully saturated rings. The van der Waals surface area contributed by atoms with E-state index in [0.717, 1.165) is 48.3 Å². The molecule has 1 amide bonds. The number of nitrogens with one attached hydrogen (secondary N) is 1. The molecule has 2 aliphatic carbocycles. The predicted molar refractivity (Wildman–Crippen MR) is 173 cm³/mol. The summed E-state index contributed by atoms with van der Waals surface area (Å²) in [6, 6.07) is 15.8. The number of benzene rings is 2. The fourth-order valence-electron chi connectivity index (χ4n) is 8.18. The molecular weight excluding hydrogens is 580 g/mol.